The summed E-state index contributed by atoms with van der Waals surface area (Å²) in [4.78, 5) is 15.9. The van der Waals surface area contributed by atoms with Gasteiger partial charge in [0.2, 0.25) is 5.89 Å². The number of hydrogen-bond donors (Lipinski definition) is 0. The predicted molar refractivity (Wildman–Crippen MR) is 81.8 cm³/mol. The molecule has 1 aromatic carbocycles. The maximum Gasteiger partial charge on any atom is 0.417 e. The summed E-state index contributed by atoms with van der Waals surface area (Å²) in [6.07, 6.45) is -2.46. The van der Waals surface area contributed by atoms with Crippen molar-refractivity contribution in [3.05, 3.63) is 75.6 Å². The maximum absolute atomic E-state index is 12.8. The standard InChI is InChI=1S/C16H10ClF3N2O2/c17-12-6-11(16(18,19)20)8-22(15(12)23)9-14-21-7-13(24-14)10-4-2-1-3-5-10/h1-8H,9H2. The van der Waals surface area contributed by atoms with E-state index in [1.54, 1.807) is 12.1 Å². The quantitative estimate of drug-likeness (QED) is 0.707. The van der Waals surface area contributed by atoms with Crippen molar-refractivity contribution in [3.63, 3.8) is 0 Å². The van der Waals surface area contributed by atoms with Gasteiger partial charge in [0.25, 0.3) is 5.56 Å². The van der Waals surface area contributed by atoms with Gasteiger partial charge in [-0.05, 0) is 6.07 Å². The Morgan fingerprint density at radius 2 is 1.92 bits per heavy atom. The molecule has 3 rings (SSSR count). The lowest BCUT2D eigenvalue weighted by molar-refractivity contribution is -0.138. The smallest absolute Gasteiger partial charge is 0.417 e. The van der Waals surface area contributed by atoms with Gasteiger partial charge in [-0.25, -0.2) is 4.98 Å². The molecule has 0 atom stereocenters. The van der Waals surface area contributed by atoms with Crippen LogP contribution in [0.25, 0.3) is 11.3 Å². The molecule has 0 radical (unpaired) electrons. The van der Waals surface area contributed by atoms with Gasteiger partial charge in [0.1, 0.15) is 11.6 Å². The molecule has 0 bridgehead atoms. The van der Waals surface area contributed by atoms with Crippen molar-refractivity contribution in [1.29, 1.82) is 0 Å². The third-order valence-electron chi connectivity index (χ3n) is 3.29. The minimum Gasteiger partial charge on any atom is -0.439 e. The lowest BCUT2D eigenvalue weighted by Gasteiger charge is -2.10. The number of alkyl halides is 3. The van der Waals surface area contributed by atoms with Crippen molar-refractivity contribution in [3.8, 4) is 11.3 Å². The van der Waals surface area contributed by atoms with Crippen LogP contribution < -0.4 is 5.56 Å². The zero-order valence-corrected chi connectivity index (χ0v) is 12.8. The van der Waals surface area contributed by atoms with Gasteiger partial charge in [0.05, 0.1) is 11.8 Å². The molecular weight excluding hydrogens is 345 g/mol. The first kappa shape index (κ1) is 16.3. The van der Waals surface area contributed by atoms with Crippen molar-refractivity contribution in [1.82, 2.24) is 9.55 Å². The van der Waals surface area contributed by atoms with E-state index in [0.29, 0.717) is 18.0 Å². The van der Waals surface area contributed by atoms with Crippen LogP contribution in [0.3, 0.4) is 0 Å². The zero-order chi connectivity index (χ0) is 17.3. The third kappa shape index (κ3) is 3.35. The summed E-state index contributed by atoms with van der Waals surface area (Å²) in [5.41, 5.74) is -0.989. The van der Waals surface area contributed by atoms with Crippen molar-refractivity contribution in [2.45, 2.75) is 12.7 Å². The summed E-state index contributed by atoms with van der Waals surface area (Å²) in [5, 5.41) is -0.514. The average Bonchev–Trinajstić information content (AvgIpc) is 3.00. The molecule has 0 N–H and O–H groups in total. The molecule has 24 heavy (non-hydrogen) atoms. The number of pyridine rings is 1. The van der Waals surface area contributed by atoms with Crippen molar-refractivity contribution < 1.29 is 17.6 Å². The SMILES string of the molecule is O=c1c(Cl)cc(C(F)(F)F)cn1Cc1ncc(-c2ccccc2)o1. The van der Waals surface area contributed by atoms with E-state index in [4.69, 9.17) is 16.0 Å². The molecule has 0 fully saturated rings. The first-order chi connectivity index (χ1) is 11.3. The average molecular weight is 355 g/mol. The molecule has 0 aliphatic rings. The van der Waals surface area contributed by atoms with Crippen LogP contribution in [-0.4, -0.2) is 9.55 Å². The molecule has 0 saturated heterocycles. The van der Waals surface area contributed by atoms with E-state index in [1.165, 1.54) is 6.20 Å². The van der Waals surface area contributed by atoms with E-state index in [-0.39, 0.29) is 12.4 Å². The molecule has 4 nitrogen and oxygen atoms in total. The van der Waals surface area contributed by atoms with Gasteiger partial charge in [0, 0.05) is 11.8 Å². The van der Waals surface area contributed by atoms with E-state index < -0.39 is 22.3 Å². The molecule has 8 heteroatoms. The van der Waals surface area contributed by atoms with Gasteiger partial charge in [-0.2, -0.15) is 13.2 Å². The van der Waals surface area contributed by atoms with E-state index in [1.807, 2.05) is 18.2 Å². The minimum atomic E-state index is -4.61. The number of halogens is 4. The number of aromatic nitrogens is 2. The molecule has 0 unspecified atom stereocenters. The van der Waals surface area contributed by atoms with Crippen molar-refractivity contribution in [2.75, 3.05) is 0 Å². The zero-order valence-electron chi connectivity index (χ0n) is 12.0. The lowest BCUT2D eigenvalue weighted by Crippen LogP contribution is -2.23. The summed E-state index contributed by atoms with van der Waals surface area (Å²) in [6, 6.07) is 9.68. The van der Waals surface area contributed by atoms with Crippen LogP contribution in [0, 0.1) is 0 Å². The fourth-order valence-electron chi connectivity index (χ4n) is 2.14. The van der Waals surface area contributed by atoms with E-state index in [9.17, 15) is 18.0 Å². The summed E-state index contributed by atoms with van der Waals surface area (Å²) in [5.74, 6) is 0.558. The molecule has 0 amide bonds. The Kier molecular flexibility index (Phi) is 4.19. The summed E-state index contributed by atoms with van der Waals surface area (Å²) in [7, 11) is 0. The highest BCUT2D eigenvalue weighted by Gasteiger charge is 2.32. The largest absolute Gasteiger partial charge is 0.439 e. The topological polar surface area (TPSA) is 48.0 Å². The maximum atomic E-state index is 12.8. The number of benzene rings is 1. The van der Waals surface area contributed by atoms with Crippen LogP contribution in [0.2, 0.25) is 5.02 Å². The van der Waals surface area contributed by atoms with Crippen LogP contribution in [0.4, 0.5) is 13.2 Å². The fourth-order valence-corrected chi connectivity index (χ4v) is 2.36. The lowest BCUT2D eigenvalue weighted by atomic mass is 10.2. The van der Waals surface area contributed by atoms with Gasteiger partial charge < -0.3 is 8.98 Å². The molecule has 2 aromatic heterocycles. The number of nitrogens with zero attached hydrogens (tertiary/aromatic N) is 2. The molecule has 124 valence electrons. The third-order valence-corrected chi connectivity index (χ3v) is 3.56. The molecule has 0 aliphatic carbocycles. The monoisotopic (exact) mass is 354 g/mol. The predicted octanol–water partition coefficient (Wildman–Crippen LogP) is 4.22. The molecule has 0 saturated carbocycles. The number of rotatable bonds is 3. The van der Waals surface area contributed by atoms with Crippen molar-refractivity contribution >= 4 is 11.6 Å². The molecule has 0 spiro atoms. The van der Waals surface area contributed by atoms with Crippen LogP contribution >= 0.6 is 11.6 Å². The number of oxazole rings is 1. The van der Waals surface area contributed by atoms with Gasteiger partial charge in [-0.15, -0.1) is 0 Å². The first-order valence-electron chi connectivity index (χ1n) is 6.82. The van der Waals surface area contributed by atoms with Crippen LogP contribution in [0.1, 0.15) is 11.5 Å². The van der Waals surface area contributed by atoms with Crippen molar-refractivity contribution in [2.24, 2.45) is 0 Å². The molecule has 0 aliphatic heterocycles. The molecule has 2 heterocycles. The second-order valence-corrected chi connectivity index (χ2v) is 5.40. The van der Waals surface area contributed by atoms with E-state index in [2.05, 4.69) is 4.98 Å². The van der Waals surface area contributed by atoms with Gasteiger partial charge in [-0.3, -0.25) is 4.79 Å². The minimum absolute atomic E-state index is 0.103. The van der Waals surface area contributed by atoms with Crippen LogP contribution in [-0.2, 0) is 12.7 Å². The van der Waals surface area contributed by atoms with Crippen LogP contribution in [0.15, 0.2) is 58.0 Å². The van der Waals surface area contributed by atoms with Gasteiger partial charge in [-0.1, -0.05) is 41.9 Å². The highest BCUT2D eigenvalue weighted by atomic mass is 35.5. The highest BCUT2D eigenvalue weighted by Crippen LogP contribution is 2.29. The fraction of sp³-hybridized carbons (Fsp3) is 0.125. The summed E-state index contributed by atoms with van der Waals surface area (Å²) < 4.78 is 44.8. The Balaban J connectivity index is 1.93. The van der Waals surface area contributed by atoms with E-state index in [0.717, 1.165) is 10.1 Å². The normalized spacial score (nSPS) is 11.7. The number of hydrogen-bond acceptors (Lipinski definition) is 3. The van der Waals surface area contributed by atoms with Gasteiger partial charge >= 0.3 is 6.18 Å². The summed E-state index contributed by atoms with van der Waals surface area (Å²) in [6.45, 7) is -0.255. The Morgan fingerprint density at radius 3 is 2.58 bits per heavy atom. The molecule has 3 aromatic rings. The second kappa shape index (κ2) is 6.16. The highest BCUT2D eigenvalue weighted by molar-refractivity contribution is 6.30. The Labute approximate surface area is 139 Å². The Morgan fingerprint density at radius 1 is 1.21 bits per heavy atom. The molecular formula is C16H10ClF3N2O2. The second-order valence-electron chi connectivity index (χ2n) is 4.99. The van der Waals surface area contributed by atoms with Crippen LogP contribution in [0.5, 0.6) is 0 Å². The Hall–Kier alpha value is -2.54. The first-order valence-corrected chi connectivity index (χ1v) is 7.20. The van der Waals surface area contributed by atoms with E-state index >= 15 is 0 Å². The Bertz CT molecular complexity index is 917. The summed E-state index contributed by atoms with van der Waals surface area (Å²) >= 11 is 5.61. The van der Waals surface area contributed by atoms with Gasteiger partial charge in [0.15, 0.2) is 5.76 Å².